The van der Waals surface area contributed by atoms with Gasteiger partial charge in [-0.25, -0.2) is 4.79 Å². The summed E-state index contributed by atoms with van der Waals surface area (Å²) in [5, 5.41) is 11.5. The number of aromatic nitrogens is 1. The predicted octanol–water partition coefficient (Wildman–Crippen LogP) is 2.73. The van der Waals surface area contributed by atoms with Crippen LogP contribution in [-0.2, 0) is 4.79 Å². The van der Waals surface area contributed by atoms with Gasteiger partial charge in [-0.1, -0.05) is 26.3 Å². The van der Waals surface area contributed by atoms with E-state index < -0.39 is 5.97 Å². The second kappa shape index (κ2) is 8.19. The summed E-state index contributed by atoms with van der Waals surface area (Å²) in [5.74, 6) is -0.660. The molecule has 0 saturated carbocycles. The van der Waals surface area contributed by atoms with Gasteiger partial charge in [-0.2, -0.15) is 0 Å². The Labute approximate surface area is 125 Å². The summed E-state index contributed by atoms with van der Waals surface area (Å²) < 4.78 is 0. The molecule has 5 heteroatoms. The van der Waals surface area contributed by atoms with E-state index in [0.29, 0.717) is 17.2 Å². The van der Waals surface area contributed by atoms with E-state index in [-0.39, 0.29) is 11.9 Å². The summed E-state index contributed by atoms with van der Waals surface area (Å²) in [5.41, 5.74) is 0.972. The molecule has 2 unspecified atom stereocenters. The van der Waals surface area contributed by atoms with Crippen LogP contribution in [-0.4, -0.2) is 28.0 Å². The number of carboxylic acid groups (broad SMARTS) is 1. The Morgan fingerprint density at radius 3 is 2.62 bits per heavy atom. The number of nitrogens with zero attached hydrogens (tertiary/aromatic N) is 1. The molecule has 2 atom stereocenters. The maximum absolute atomic E-state index is 12.0. The largest absolute Gasteiger partial charge is 0.478 e. The zero-order valence-corrected chi connectivity index (χ0v) is 12.7. The number of aliphatic carboxylic acids is 1. The van der Waals surface area contributed by atoms with E-state index in [1.54, 1.807) is 12.1 Å². The molecule has 114 valence electrons. The highest BCUT2D eigenvalue weighted by molar-refractivity contribution is 5.92. The normalized spacial score (nSPS) is 13.9. The molecule has 0 radical (unpaired) electrons. The molecular weight excluding hydrogens is 268 g/mol. The molecule has 0 aliphatic rings. The molecule has 1 aromatic rings. The first-order chi connectivity index (χ1) is 9.92. The van der Waals surface area contributed by atoms with E-state index in [1.165, 1.54) is 12.3 Å². The standard InChI is InChI=1S/C16H22N2O3/c1-4-11(2)9-12(3)18-16(21)14-7-5-13(10-17-14)6-8-15(19)20/h5-8,10-12H,4,9H2,1-3H3,(H,18,21)(H,19,20). The van der Waals surface area contributed by atoms with E-state index >= 15 is 0 Å². The molecular formula is C16H22N2O3. The molecule has 1 heterocycles. The number of carbonyl (C=O) groups excluding carboxylic acids is 1. The minimum Gasteiger partial charge on any atom is -0.478 e. The molecule has 0 aromatic carbocycles. The number of hydrogen-bond donors (Lipinski definition) is 2. The number of carbonyl (C=O) groups is 2. The van der Waals surface area contributed by atoms with Crippen LogP contribution < -0.4 is 5.32 Å². The number of pyridine rings is 1. The topological polar surface area (TPSA) is 79.3 Å². The molecule has 1 aromatic heterocycles. The predicted molar refractivity (Wildman–Crippen MR) is 81.9 cm³/mol. The number of carboxylic acids is 1. The lowest BCUT2D eigenvalue weighted by molar-refractivity contribution is -0.131. The lowest BCUT2D eigenvalue weighted by Crippen LogP contribution is -2.34. The van der Waals surface area contributed by atoms with E-state index in [4.69, 9.17) is 5.11 Å². The smallest absolute Gasteiger partial charge is 0.328 e. The molecule has 0 bridgehead atoms. The summed E-state index contributed by atoms with van der Waals surface area (Å²) in [4.78, 5) is 26.5. The zero-order valence-electron chi connectivity index (χ0n) is 12.7. The number of rotatable bonds is 7. The van der Waals surface area contributed by atoms with Gasteiger partial charge in [-0.3, -0.25) is 9.78 Å². The van der Waals surface area contributed by atoms with Crippen molar-refractivity contribution in [3.05, 3.63) is 35.7 Å². The van der Waals surface area contributed by atoms with E-state index in [1.807, 2.05) is 6.92 Å². The number of amides is 1. The lowest BCUT2D eigenvalue weighted by Gasteiger charge is -2.17. The Kier molecular flexibility index (Phi) is 6.59. The summed E-state index contributed by atoms with van der Waals surface area (Å²) in [6, 6.07) is 3.36. The second-order valence-electron chi connectivity index (χ2n) is 5.27. The van der Waals surface area contributed by atoms with Crippen molar-refractivity contribution >= 4 is 18.0 Å². The van der Waals surface area contributed by atoms with Gasteiger partial charge in [0, 0.05) is 18.3 Å². The first kappa shape index (κ1) is 16.9. The number of nitrogens with one attached hydrogen (secondary N) is 1. The fourth-order valence-electron chi connectivity index (χ4n) is 1.93. The quantitative estimate of drug-likeness (QED) is 0.757. The summed E-state index contributed by atoms with van der Waals surface area (Å²) >= 11 is 0. The van der Waals surface area contributed by atoms with Crippen molar-refractivity contribution in [2.24, 2.45) is 5.92 Å². The van der Waals surface area contributed by atoms with E-state index in [2.05, 4.69) is 24.1 Å². The molecule has 0 spiro atoms. The van der Waals surface area contributed by atoms with Crippen molar-refractivity contribution in [1.29, 1.82) is 0 Å². The van der Waals surface area contributed by atoms with Gasteiger partial charge in [0.05, 0.1) is 0 Å². The van der Waals surface area contributed by atoms with Crippen LogP contribution in [0, 0.1) is 5.92 Å². The van der Waals surface area contributed by atoms with Crippen LogP contribution >= 0.6 is 0 Å². The molecule has 1 amide bonds. The zero-order chi connectivity index (χ0) is 15.8. The van der Waals surface area contributed by atoms with Gasteiger partial charge in [-0.15, -0.1) is 0 Å². The van der Waals surface area contributed by atoms with Gasteiger partial charge in [0.2, 0.25) is 0 Å². The second-order valence-corrected chi connectivity index (χ2v) is 5.27. The van der Waals surface area contributed by atoms with Crippen molar-refractivity contribution < 1.29 is 14.7 Å². The highest BCUT2D eigenvalue weighted by Gasteiger charge is 2.12. The average molecular weight is 290 g/mol. The minimum atomic E-state index is -1.02. The summed E-state index contributed by atoms with van der Waals surface area (Å²) in [7, 11) is 0. The lowest BCUT2D eigenvalue weighted by atomic mass is 10.0. The third-order valence-corrected chi connectivity index (χ3v) is 3.27. The van der Waals surface area contributed by atoms with Crippen LogP contribution in [0.15, 0.2) is 24.4 Å². The van der Waals surface area contributed by atoms with Crippen LogP contribution in [0.5, 0.6) is 0 Å². The van der Waals surface area contributed by atoms with E-state index in [0.717, 1.165) is 18.9 Å². The maximum atomic E-state index is 12.0. The van der Waals surface area contributed by atoms with Gasteiger partial charge in [0.15, 0.2) is 0 Å². The van der Waals surface area contributed by atoms with Gasteiger partial charge >= 0.3 is 5.97 Å². The fourth-order valence-corrected chi connectivity index (χ4v) is 1.93. The molecule has 0 aliphatic heterocycles. The first-order valence-electron chi connectivity index (χ1n) is 7.10. The van der Waals surface area contributed by atoms with E-state index in [9.17, 15) is 9.59 Å². The Bertz CT molecular complexity index is 509. The maximum Gasteiger partial charge on any atom is 0.328 e. The van der Waals surface area contributed by atoms with Crippen LogP contribution in [0.25, 0.3) is 6.08 Å². The van der Waals surface area contributed by atoms with Gasteiger partial charge < -0.3 is 10.4 Å². The van der Waals surface area contributed by atoms with Crippen molar-refractivity contribution in [2.45, 2.75) is 39.7 Å². The third kappa shape index (κ3) is 6.21. The third-order valence-electron chi connectivity index (χ3n) is 3.27. The Morgan fingerprint density at radius 1 is 1.38 bits per heavy atom. The van der Waals surface area contributed by atoms with Crippen LogP contribution in [0.4, 0.5) is 0 Å². The molecule has 21 heavy (non-hydrogen) atoms. The summed E-state index contributed by atoms with van der Waals surface area (Å²) in [6.45, 7) is 6.27. The molecule has 1 rings (SSSR count). The Balaban J connectivity index is 2.61. The Hall–Kier alpha value is -2.17. The minimum absolute atomic E-state index is 0.0980. The SMILES string of the molecule is CCC(C)CC(C)NC(=O)c1ccc(C=CC(=O)O)cn1. The highest BCUT2D eigenvalue weighted by Crippen LogP contribution is 2.10. The van der Waals surface area contributed by atoms with Gasteiger partial charge in [0.25, 0.3) is 5.91 Å². The fraction of sp³-hybridized carbons (Fsp3) is 0.438. The molecule has 2 N–H and O–H groups in total. The van der Waals surface area contributed by atoms with Crippen LogP contribution in [0.3, 0.4) is 0 Å². The van der Waals surface area contributed by atoms with Gasteiger partial charge in [-0.05, 0) is 37.0 Å². The van der Waals surface area contributed by atoms with Crippen molar-refractivity contribution in [3.8, 4) is 0 Å². The van der Waals surface area contributed by atoms with Crippen molar-refractivity contribution in [2.75, 3.05) is 0 Å². The molecule has 0 saturated heterocycles. The monoisotopic (exact) mass is 290 g/mol. The molecule has 5 nitrogen and oxygen atoms in total. The van der Waals surface area contributed by atoms with Crippen LogP contribution in [0.1, 0.15) is 49.7 Å². The Morgan fingerprint density at radius 2 is 2.10 bits per heavy atom. The molecule has 0 aliphatic carbocycles. The first-order valence-corrected chi connectivity index (χ1v) is 7.10. The molecule has 0 fully saturated rings. The van der Waals surface area contributed by atoms with Crippen molar-refractivity contribution in [3.63, 3.8) is 0 Å². The highest BCUT2D eigenvalue weighted by atomic mass is 16.4. The van der Waals surface area contributed by atoms with Crippen LogP contribution in [0.2, 0.25) is 0 Å². The van der Waals surface area contributed by atoms with Gasteiger partial charge in [0.1, 0.15) is 5.69 Å². The number of hydrogen-bond acceptors (Lipinski definition) is 3. The summed E-state index contributed by atoms with van der Waals surface area (Å²) in [6.07, 6.45) is 5.96. The van der Waals surface area contributed by atoms with Crippen molar-refractivity contribution in [1.82, 2.24) is 10.3 Å². The average Bonchev–Trinajstić information content (AvgIpc) is 2.45.